The van der Waals surface area contributed by atoms with E-state index >= 15 is 0 Å². The van der Waals surface area contributed by atoms with Gasteiger partial charge in [-0.2, -0.15) is 0 Å². The maximum atomic E-state index is 13.6. The van der Waals surface area contributed by atoms with Gasteiger partial charge in [0.25, 0.3) is 0 Å². The molecule has 1 aromatic carbocycles. The molecule has 0 fully saturated rings. The van der Waals surface area contributed by atoms with E-state index in [-0.39, 0.29) is 28.2 Å². The van der Waals surface area contributed by atoms with Gasteiger partial charge < -0.3 is 4.90 Å². The van der Waals surface area contributed by atoms with Gasteiger partial charge in [0.2, 0.25) is 5.91 Å². The van der Waals surface area contributed by atoms with Crippen molar-refractivity contribution in [2.24, 2.45) is 5.41 Å². The first kappa shape index (κ1) is 18.0. The monoisotopic (exact) mass is 313 g/mol. The van der Waals surface area contributed by atoms with Gasteiger partial charge in [-0.15, -0.1) is 0 Å². The average molecular weight is 314 g/mol. The van der Waals surface area contributed by atoms with E-state index in [1.165, 1.54) is 6.07 Å². The first-order chi connectivity index (χ1) is 9.56. The summed E-state index contributed by atoms with van der Waals surface area (Å²) in [5, 5.41) is 0.278. The van der Waals surface area contributed by atoms with E-state index < -0.39 is 0 Å². The Morgan fingerprint density at radius 3 is 2.43 bits per heavy atom. The van der Waals surface area contributed by atoms with E-state index in [1.807, 2.05) is 34.6 Å². The molecule has 0 saturated heterocycles. The molecule has 0 saturated carbocycles. The van der Waals surface area contributed by atoms with Gasteiger partial charge in [0.1, 0.15) is 5.82 Å². The van der Waals surface area contributed by atoms with E-state index in [0.717, 1.165) is 6.42 Å². The molecule has 1 unspecified atom stereocenters. The second-order valence-corrected chi connectivity index (χ2v) is 7.22. The number of hydrogen-bond acceptors (Lipinski definition) is 1. The molecular formula is C17H25ClFNO. The molecule has 2 nitrogen and oxygen atoms in total. The maximum absolute atomic E-state index is 13.6. The molecule has 21 heavy (non-hydrogen) atoms. The third-order valence-corrected chi connectivity index (χ3v) is 3.77. The van der Waals surface area contributed by atoms with Gasteiger partial charge in [0.15, 0.2) is 0 Å². The lowest BCUT2D eigenvalue weighted by Crippen LogP contribution is -2.40. The number of halogens is 2. The first-order valence-corrected chi connectivity index (χ1v) is 7.72. The largest absolute Gasteiger partial charge is 0.308 e. The van der Waals surface area contributed by atoms with Gasteiger partial charge in [0, 0.05) is 12.5 Å². The van der Waals surface area contributed by atoms with Crippen LogP contribution < -0.4 is 4.90 Å². The fraction of sp³-hybridized carbons (Fsp3) is 0.588. The number of carbonyl (C=O) groups is 1. The van der Waals surface area contributed by atoms with Crippen LogP contribution in [0.4, 0.5) is 10.1 Å². The van der Waals surface area contributed by atoms with Crippen LogP contribution in [-0.2, 0) is 4.79 Å². The topological polar surface area (TPSA) is 20.3 Å². The van der Waals surface area contributed by atoms with Crippen molar-refractivity contribution in [3.05, 3.63) is 28.5 Å². The Labute approximate surface area is 132 Å². The molecule has 0 aliphatic carbocycles. The molecular weight excluding hydrogens is 289 g/mol. The van der Waals surface area contributed by atoms with Crippen molar-refractivity contribution in [1.82, 2.24) is 0 Å². The normalized spacial score (nSPS) is 13.1. The number of rotatable bonds is 4. The van der Waals surface area contributed by atoms with Crippen molar-refractivity contribution >= 4 is 23.2 Å². The number of benzene rings is 1. The van der Waals surface area contributed by atoms with Crippen LogP contribution in [0.2, 0.25) is 5.02 Å². The highest BCUT2D eigenvalue weighted by Crippen LogP contribution is 2.33. The fourth-order valence-corrected chi connectivity index (χ4v) is 2.41. The number of carbonyl (C=O) groups excluding carboxylic acids is 1. The van der Waals surface area contributed by atoms with Gasteiger partial charge in [-0.05, 0) is 43.4 Å². The molecule has 0 N–H and O–H groups in total. The molecule has 118 valence electrons. The molecule has 0 bridgehead atoms. The molecule has 0 heterocycles. The number of hydrogen-bond donors (Lipinski definition) is 0. The lowest BCUT2D eigenvalue weighted by molar-refractivity contribution is -0.120. The molecule has 0 aliphatic rings. The molecule has 0 spiro atoms. The summed E-state index contributed by atoms with van der Waals surface area (Å²) in [4.78, 5) is 14.4. The van der Waals surface area contributed by atoms with Crippen molar-refractivity contribution in [3.63, 3.8) is 0 Å². The van der Waals surface area contributed by atoms with Crippen molar-refractivity contribution in [2.75, 3.05) is 4.90 Å². The van der Waals surface area contributed by atoms with E-state index in [1.54, 1.807) is 17.9 Å². The smallest absolute Gasteiger partial charge is 0.227 e. The zero-order chi connectivity index (χ0) is 16.4. The molecule has 1 atom stereocenters. The van der Waals surface area contributed by atoms with Crippen LogP contribution >= 0.6 is 11.6 Å². The number of amides is 1. The Bertz CT molecular complexity index is 522. The lowest BCUT2D eigenvalue weighted by atomic mass is 9.91. The molecule has 0 aliphatic heterocycles. The van der Waals surface area contributed by atoms with Crippen LogP contribution in [0, 0.1) is 18.2 Å². The summed E-state index contributed by atoms with van der Waals surface area (Å²) in [7, 11) is 0. The van der Waals surface area contributed by atoms with Crippen molar-refractivity contribution < 1.29 is 9.18 Å². The average Bonchev–Trinajstić information content (AvgIpc) is 2.33. The summed E-state index contributed by atoms with van der Waals surface area (Å²) in [5.41, 5.74) is 0.982. The number of nitrogens with zero attached hydrogens (tertiary/aromatic N) is 1. The van der Waals surface area contributed by atoms with Crippen molar-refractivity contribution in [1.29, 1.82) is 0 Å². The molecule has 0 radical (unpaired) electrons. The second-order valence-electron chi connectivity index (χ2n) is 6.81. The zero-order valence-electron chi connectivity index (χ0n) is 13.8. The molecule has 1 rings (SSSR count). The Balaban J connectivity index is 3.26. The van der Waals surface area contributed by atoms with Crippen LogP contribution in [0.25, 0.3) is 0 Å². The van der Waals surface area contributed by atoms with Gasteiger partial charge in [0.05, 0.1) is 10.7 Å². The van der Waals surface area contributed by atoms with E-state index in [0.29, 0.717) is 17.7 Å². The van der Waals surface area contributed by atoms with Crippen molar-refractivity contribution in [3.8, 4) is 0 Å². The van der Waals surface area contributed by atoms with Crippen molar-refractivity contribution in [2.45, 2.75) is 60.4 Å². The maximum Gasteiger partial charge on any atom is 0.227 e. The third-order valence-electron chi connectivity index (χ3n) is 3.47. The van der Waals surface area contributed by atoms with Crippen LogP contribution in [0.15, 0.2) is 12.1 Å². The predicted octanol–water partition coefficient (Wildman–Crippen LogP) is 5.36. The van der Waals surface area contributed by atoms with Crippen LogP contribution in [0.5, 0.6) is 0 Å². The van der Waals surface area contributed by atoms with Gasteiger partial charge in [-0.25, -0.2) is 4.39 Å². The summed E-state index contributed by atoms with van der Waals surface area (Å²) in [6.07, 6.45) is 1.23. The van der Waals surface area contributed by atoms with Crippen LogP contribution in [0.3, 0.4) is 0 Å². The van der Waals surface area contributed by atoms with Gasteiger partial charge in [-0.3, -0.25) is 4.79 Å². The van der Waals surface area contributed by atoms with Crippen LogP contribution in [0.1, 0.15) is 53.0 Å². The van der Waals surface area contributed by atoms with E-state index in [9.17, 15) is 9.18 Å². The second kappa shape index (κ2) is 6.78. The highest BCUT2D eigenvalue weighted by Gasteiger charge is 2.27. The van der Waals surface area contributed by atoms with Crippen LogP contribution in [-0.4, -0.2) is 11.9 Å². The minimum atomic E-state index is -0.351. The zero-order valence-corrected chi connectivity index (χ0v) is 14.5. The third kappa shape index (κ3) is 4.70. The van der Waals surface area contributed by atoms with E-state index in [2.05, 4.69) is 0 Å². The van der Waals surface area contributed by atoms with E-state index in [4.69, 9.17) is 11.6 Å². The quantitative estimate of drug-likeness (QED) is 0.733. The highest BCUT2D eigenvalue weighted by atomic mass is 35.5. The lowest BCUT2D eigenvalue weighted by Gasteiger charge is -2.32. The first-order valence-electron chi connectivity index (χ1n) is 7.34. The predicted molar refractivity (Wildman–Crippen MR) is 87.5 cm³/mol. The Morgan fingerprint density at radius 1 is 1.38 bits per heavy atom. The summed E-state index contributed by atoms with van der Waals surface area (Å²) < 4.78 is 13.6. The summed E-state index contributed by atoms with van der Waals surface area (Å²) in [5.74, 6) is -0.333. The molecule has 0 aromatic heterocycles. The SMILES string of the molecule is CCC(C)N(C(=O)CC(C)(C)C)c1cc(C)c(F)cc1Cl. The van der Waals surface area contributed by atoms with Gasteiger partial charge in [-0.1, -0.05) is 39.3 Å². The highest BCUT2D eigenvalue weighted by molar-refractivity contribution is 6.33. The standard InChI is InChI=1S/C17H25ClFNO/c1-7-12(3)20(16(21)10-17(4,5)6)15-8-11(2)14(19)9-13(15)18/h8-9,12H,7,10H2,1-6H3. The summed E-state index contributed by atoms with van der Waals surface area (Å²) in [6.45, 7) is 11.8. The molecule has 1 amide bonds. The molecule has 4 heteroatoms. The Hall–Kier alpha value is -1.09. The molecule has 1 aromatic rings. The number of anilines is 1. The fourth-order valence-electron chi connectivity index (χ4n) is 2.17. The summed E-state index contributed by atoms with van der Waals surface area (Å²) in [6, 6.07) is 2.96. The summed E-state index contributed by atoms with van der Waals surface area (Å²) >= 11 is 6.18. The Kier molecular flexibility index (Phi) is 5.80. The minimum absolute atomic E-state index is 0.0159. The number of aryl methyl sites for hydroxylation is 1. The van der Waals surface area contributed by atoms with Gasteiger partial charge >= 0.3 is 0 Å². The minimum Gasteiger partial charge on any atom is -0.308 e. The Morgan fingerprint density at radius 2 is 1.95 bits per heavy atom.